The molecule has 0 spiro atoms. The van der Waals surface area contributed by atoms with E-state index in [0.29, 0.717) is 0 Å². The SMILES string of the molecule is Cc1cccc(N(C2=CC=C3C=CC4=C(N(c5cccc(C)c5)c5cccc6c5oc5ccccc56)C=CC5=CC=C2C3C54)c2cccc3c2oc2ccccc23)c1. The minimum atomic E-state index is 0.114. The minimum absolute atomic E-state index is 0.114. The Bertz CT molecular complexity index is 3280. The largest absolute Gasteiger partial charge is 0.454 e. The Hall–Kier alpha value is -7.30. The molecule has 2 atom stereocenters. The Morgan fingerprint density at radius 2 is 0.983 bits per heavy atom. The monoisotopic (exact) mass is 746 g/mol. The maximum atomic E-state index is 6.70. The van der Waals surface area contributed by atoms with Gasteiger partial charge in [-0.3, -0.25) is 0 Å². The number of rotatable bonds is 6. The molecule has 0 radical (unpaired) electrons. The average molecular weight is 747 g/mol. The van der Waals surface area contributed by atoms with Gasteiger partial charge in [0.1, 0.15) is 11.2 Å². The van der Waals surface area contributed by atoms with Gasteiger partial charge in [-0.05, 0) is 108 Å². The standard InChI is InChI=1S/C54H38N2O2/c1-33-11-7-13-37(31-33)55(47-19-9-17-41-39-15-3-5-21-49(39)57-53(41)47)45-29-25-35-24-28-44-46(30-26-36-23-27-43(45)51(35)52(36)44)56(38-14-8-12-34(2)32-38)48-20-10-18-42-40-16-4-6-22-50(40)58-54(42)48/h3-32,51-52H,1-2H3. The zero-order chi connectivity index (χ0) is 38.5. The van der Waals surface area contributed by atoms with Gasteiger partial charge in [-0.25, -0.2) is 0 Å². The van der Waals surface area contributed by atoms with Crippen LogP contribution in [-0.4, -0.2) is 0 Å². The van der Waals surface area contributed by atoms with E-state index in [1.54, 1.807) is 0 Å². The van der Waals surface area contributed by atoms with E-state index in [0.717, 1.165) is 78.0 Å². The zero-order valence-electron chi connectivity index (χ0n) is 32.2. The van der Waals surface area contributed by atoms with Crippen LogP contribution >= 0.6 is 0 Å². The van der Waals surface area contributed by atoms with E-state index in [4.69, 9.17) is 8.83 Å². The first-order chi connectivity index (χ1) is 28.6. The van der Waals surface area contributed by atoms with E-state index in [1.807, 2.05) is 12.1 Å². The average Bonchev–Trinajstić information content (AvgIpc) is 3.84. The molecular weight excluding hydrogens is 709 g/mol. The van der Waals surface area contributed by atoms with Crippen molar-refractivity contribution in [1.29, 1.82) is 0 Å². The molecule has 0 fully saturated rings. The van der Waals surface area contributed by atoms with Crippen LogP contribution in [0.25, 0.3) is 43.9 Å². The number of nitrogens with zero attached hydrogens (tertiary/aromatic N) is 2. The third-order valence-corrected chi connectivity index (χ3v) is 12.3. The van der Waals surface area contributed by atoms with Gasteiger partial charge in [0.05, 0.1) is 22.8 Å². The molecule has 0 aliphatic heterocycles. The Balaban J connectivity index is 1.04. The van der Waals surface area contributed by atoms with Gasteiger partial charge < -0.3 is 18.6 Å². The van der Waals surface area contributed by atoms with Crippen molar-refractivity contribution in [2.75, 3.05) is 9.80 Å². The number of allylic oxidation sites excluding steroid dienone is 12. The maximum Gasteiger partial charge on any atom is 0.159 e. The number of benzene rings is 6. The highest BCUT2D eigenvalue weighted by Crippen LogP contribution is 2.55. The minimum Gasteiger partial charge on any atom is -0.454 e. The molecule has 2 unspecified atom stereocenters. The van der Waals surface area contributed by atoms with Gasteiger partial charge in [0.15, 0.2) is 11.2 Å². The second-order valence-electron chi connectivity index (χ2n) is 15.8. The predicted octanol–water partition coefficient (Wildman–Crippen LogP) is 14.4. The van der Waals surface area contributed by atoms with Crippen molar-refractivity contribution in [3.63, 3.8) is 0 Å². The van der Waals surface area contributed by atoms with Crippen molar-refractivity contribution in [2.45, 2.75) is 13.8 Å². The van der Waals surface area contributed by atoms with Crippen molar-refractivity contribution >= 4 is 66.6 Å². The van der Waals surface area contributed by atoms with Crippen LogP contribution in [0.4, 0.5) is 22.7 Å². The third kappa shape index (κ3) is 4.88. The molecule has 58 heavy (non-hydrogen) atoms. The van der Waals surface area contributed by atoms with Crippen molar-refractivity contribution < 1.29 is 8.83 Å². The lowest BCUT2D eigenvalue weighted by molar-refractivity contribution is 0.551. The predicted molar refractivity (Wildman–Crippen MR) is 239 cm³/mol. The molecule has 4 heteroatoms. The molecule has 0 saturated heterocycles. The summed E-state index contributed by atoms with van der Waals surface area (Å²) in [5, 5.41) is 4.47. The summed E-state index contributed by atoms with van der Waals surface area (Å²) in [7, 11) is 0. The van der Waals surface area contributed by atoms with Gasteiger partial charge in [0, 0.05) is 44.8 Å². The highest BCUT2D eigenvalue weighted by molar-refractivity contribution is 6.11. The summed E-state index contributed by atoms with van der Waals surface area (Å²) in [4.78, 5) is 4.83. The molecule has 6 aromatic carbocycles. The summed E-state index contributed by atoms with van der Waals surface area (Å²) < 4.78 is 13.4. The fraction of sp³-hybridized carbons (Fsp3) is 0.0741. The van der Waals surface area contributed by atoms with E-state index in [1.165, 1.54) is 33.4 Å². The molecule has 2 heterocycles. The summed E-state index contributed by atoms with van der Waals surface area (Å²) in [6.07, 6.45) is 18.7. The van der Waals surface area contributed by atoms with Gasteiger partial charge in [-0.2, -0.15) is 0 Å². The summed E-state index contributed by atoms with van der Waals surface area (Å²) in [5.74, 6) is 0.229. The molecule has 4 aliphatic carbocycles. The molecule has 12 rings (SSSR count). The van der Waals surface area contributed by atoms with Crippen LogP contribution in [0.3, 0.4) is 0 Å². The van der Waals surface area contributed by atoms with E-state index < -0.39 is 0 Å². The third-order valence-electron chi connectivity index (χ3n) is 12.3. The quantitative estimate of drug-likeness (QED) is 0.170. The molecular formula is C54H38N2O2. The molecule has 0 bridgehead atoms. The molecule has 2 aromatic heterocycles. The van der Waals surface area contributed by atoms with Crippen LogP contribution in [0.2, 0.25) is 0 Å². The van der Waals surface area contributed by atoms with Crippen LogP contribution in [0, 0.1) is 25.7 Å². The lowest BCUT2D eigenvalue weighted by atomic mass is 9.63. The van der Waals surface area contributed by atoms with Crippen LogP contribution in [0.1, 0.15) is 11.1 Å². The fourth-order valence-electron chi connectivity index (χ4n) is 9.81. The summed E-state index contributed by atoms with van der Waals surface area (Å²) >= 11 is 0. The van der Waals surface area contributed by atoms with Crippen LogP contribution < -0.4 is 9.80 Å². The number of aryl methyl sites for hydroxylation is 2. The normalized spacial score (nSPS) is 18.0. The van der Waals surface area contributed by atoms with Gasteiger partial charge in [-0.1, -0.05) is 121 Å². The summed E-state index contributed by atoms with van der Waals surface area (Å²) in [5.41, 5.74) is 17.7. The Kier molecular flexibility index (Phi) is 7.15. The highest BCUT2D eigenvalue weighted by atomic mass is 16.3. The Morgan fingerprint density at radius 1 is 0.448 bits per heavy atom. The molecule has 0 amide bonds. The topological polar surface area (TPSA) is 32.8 Å². The Labute approximate surface area is 336 Å². The number of anilines is 4. The molecule has 0 N–H and O–H groups in total. The van der Waals surface area contributed by atoms with Crippen molar-refractivity contribution in [2.24, 2.45) is 11.8 Å². The van der Waals surface area contributed by atoms with Gasteiger partial charge in [0.25, 0.3) is 0 Å². The first-order valence-corrected chi connectivity index (χ1v) is 20.1. The number of hydrogen-bond donors (Lipinski definition) is 0. The smallest absolute Gasteiger partial charge is 0.159 e. The second-order valence-corrected chi connectivity index (χ2v) is 15.8. The first-order valence-electron chi connectivity index (χ1n) is 20.1. The maximum absolute atomic E-state index is 6.70. The highest BCUT2D eigenvalue weighted by Gasteiger charge is 2.43. The lowest BCUT2D eigenvalue weighted by Crippen LogP contribution is -2.35. The summed E-state index contributed by atoms with van der Waals surface area (Å²) in [6, 6.07) is 47.3. The van der Waals surface area contributed by atoms with E-state index in [2.05, 4.69) is 194 Å². The fourth-order valence-corrected chi connectivity index (χ4v) is 9.81. The lowest BCUT2D eigenvalue weighted by Gasteiger charge is -2.45. The second kappa shape index (κ2) is 12.6. The summed E-state index contributed by atoms with van der Waals surface area (Å²) in [6.45, 7) is 4.33. The molecule has 4 aliphatic rings. The first kappa shape index (κ1) is 32.9. The van der Waals surface area contributed by atoms with Gasteiger partial charge in [0.2, 0.25) is 0 Å². The van der Waals surface area contributed by atoms with Crippen LogP contribution in [0.5, 0.6) is 0 Å². The van der Waals surface area contributed by atoms with E-state index in [-0.39, 0.29) is 11.8 Å². The van der Waals surface area contributed by atoms with Crippen LogP contribution in [0.15, 0.2) is 225 Å². The van der Waals surface area contributed by atoms with Crippen molar-refractivity contribution in [3.8, 4) is 0 Å². The van der Waals surface area contributed by atoms with E-state index in [9.17, 15) is 0 Å². The van der Waals surface area contributed by atoms with E-state index >= 15 is 0 Å². The number of para-hydroxylation sites is 4. The van der Waals surface area contributed by atoms with Crippen molar-refractivity contribution in [1.82, 2.24) is 0 Å². The molecule has 0 saturated carbocycles. The number of fused-ring (bicyclic) bond motifs is 6. The number of furan rings is 2. The number of hydrogen-bond acceptors (Lipinski definition) is 4. The van der Waals surface area contributed by atoms with Crippen LogP contribution in [-0.2, 0) is 0 Å². The molecule has 4 nitrogen and oxygen atoms in total. The van der Waals surface area contributed by atoms with Gasteiger partial charge >= 0.3 is 0 Å². The zero-order valence-corrected chi connectivity index (χ0v) is 32.2. The molecule has 276 valence electrons. The Morgan fingerprint density at radius 3 is 1.64 bits per heavy atom. The molecule has 8 aromatic rings. The van der Waals surface area contributed by atoms with Gasteiger partial charge in [-0.15, -0.1) is 0 Å². The van der Waals surface area contributed by atoms with Crippen molar-refractivity contribution in [3.05, 3.63) is 227 Å².